The Bertz CT molecular complexity index is 433. The van der Waals surface area contributed by atoms with E-state index in [1.165, 1.54) is 38.6 Å². The largest absolute Gasteiger partial charge is 0.310 e. The molecule has 1 aromatic heterocycles. The van der Waals surface area contributed by atoms with Gasteiger partial charge < -0.3 is 5.32 Å². The SMILES string of the molecule is CC(C)n1ncnc1CN1CCCNC2(CCCC2)C1. The molecular formula is C15H27N5. The average Bonchev–Trinajstić information content (AvgIpc) is 2.99. The summed E-state index contributed by atoms with van der Waals surface area (Å²) in [6.07, 6.45) is 8.35. The van der Waals surface area contributed by atoms with Crippen LogP contribution in [0.25, 0.3) is 0 Å². The van der Waals surface area contributed by atoms with E-state index in [9.17, 15) is 0 Å². The standard InChI is InChI=1S/C15H27N5/c1-13(2)20-14(16-12-18-20)10-19-9-5-8-17-15(11-19)6-3-4-7-15/h12-13,17H,3-11H2,1-2H3. The van der Waals surface area contributed by atoms with Crippen LogP contribution in [0.3, 0.4) is 0 Å². The number of rotatable bonds is 3. The molecule has 5 heteroatoms. The first-order valence-electron chi connectivity index (χ1n) is 8.04. The molecule has 0 unspecified atom stereocenters. The van der Waals surface area contributed by atoms with Crippen molar-refractivity contribution in [1.82, 2.24) is 25.0 Å². The monoisotopic (exact) mass is 277 g/mol. The summed E-state index contributed by atoms with van der Waals surface area (Å²) in [5.41, 5.74) is 0.374. The van der Waals surface area contributed by atoms with Crippen molar-refractivity contribution in [3.8, 4) is 0 Å². The molecule has 112 valence electrons. The summed E-state index contributed by atoms with van der Waals surface area (Å²) in [5.74, 6) is 1.11. The summed E-state index contributed by atoms with van der Waals surface area (Å²) in [4.78, 5) is 7.04. The molecule has 1 aliphatic heterocycles. The lowest BCUT2D eigenvalue weighted by molar-refractivity contribution is 0.196. The Morgan fingerprint density at radius 2 is 2.10 bits per heavy atom. The molecule has 0 radical (unpaired) electrons. The lowest BCUT2D eigenvalue weighted by Gasteiger charge is -2.33. The van der Waals surface area contributed by atoms with Gasteiger partial charge in [-0.3, -0.25) is 4.90 Å². The fraction of sp³-hybridized carbons (Fsp3) is 0.867. The second-order valence-corrected chi connectivity index (χ2v) is 6.69. The summed E-state index contributed by atoms with van der Waals surface area (Å²) >= 11 is 0. The van der Waals surface area contributed by atoms with E-state index < -0.39 is 0 Å². The van der Waals surface area contributed by atoms with E-state index in [1.807, 2.05) is 0 Å². The zero-order chi connectivity index (χ0) is 14.0. The molecule has 1 aromatic rings. The van der Waals surface area contributed by atoms with Crippen LogP contribution in [0.5, 0.6) is 0 Å². The maximum absolute atomic E-state index is 4.47. The highest BCUT2D eigenvalue weighted by Gasteiger charge is 2.36. The molecule has 1 saturated heterocycles. The van der Waals surface area contributed by atoms with E-state index in [0.717, 1.165) is 25.5 Å². The van der Waals surface area contributed by atoms with Crippen LogP contribution in [0.4, 0.5) is 0 Å². The summed E-state index contributed by atoms with van der Waals surface area (Å²) in [5, 5.41) is 8.18. The smallest absolute Gasteiger partial charge is 0.141 e. The third-order valence-electron chi connectivity index (χ3n) is 4.74. The minimum atomic E-state index is 0.374. The number of hydrogen-bond acceptors (Lipinski definition) is 4. The third kappa shape index (κ3) is 2.88. The van der Waals surface area contributed by atoms with Gasteiger partial charge in [-0.25, -0.2) is 9.67 Å². The lowest BCUT2D eigenvalue weighted by Crippen LogP contribution is -2.49. The van der Waals surface area contributed by atoms with Crippen LogP contribution in [0.15, 0.2) is 6.33 Å². The average molecular weight is 277 g/mol. The van der Waals surface area contributed by atoms with Crippen LogP contribution in [0, 0.1) is 0 Å². The molecule has 5 nitrogen and oxygen atoms in total. The predicted molar refractivity (Wildman–Crippen MR) is 79.5 cm³/mol. The van der Waals surface area contributed by atoms with Crippen LogP contribution in [-0.4, -0.2) is 44.8 Å². The fourth-order valence-electron chi connectivity index (χ4n) is 3.76. The van der Waals surface area contributed by atoms with Gasteiger partial charge in [0, 0.05) is 18.1 Å². The van der Waals surface area contributed by atoms with Crippen LogP contribution in [0.1, 0.15) is 57.8 Å². The minimum Gasteiger partial charge on any atom is -0.310 e. The number of aromatic nitrogens is 3. The van der Waals surface area contributed by atoms with Gasteiger partial charge in [-0.15, -0.1) is 0 Å². The van der Waals surface area contributed by atoms with Gasteiger partial charge in [0.2, 0.25) is 0 Å². The van der Waals surface area contributed by atoms with Crippen LogP contribution < -0.4 is 5.32 Å². The summed E-state index contributed by atoms with van der Waals surface area (Å²) < 4.78 is 2.06. The lowest BCUT2D eigenvalue weighted by atomic mass is 9.97. The second kappa shape index (κ2) is 5.82. The summed E-state index contributed by atoms with van der Waals surface area (Å²) in [6.45, 7) is 8.76. The molecular weight excluding hydrogens is 250 g/mol. The first kappa shape index (κ1) is 14.0. The topological polar surface area (TPSA) is 46.0 Å². The van der Waals surface area contributed by atoms with Gasteiger partial charge >= 0.3 is 0 Å². The minimum absolute atomic E-state index is 0.374. The molecule has 0 atom stereocenters. The van der Waals surface area contributed by atoms with Gasteiger partial charge in [-0.05, 0) is 46.2 Å². The van der Waals surface area contributed by atoms with Crippen LogP contribution >= 0.6 is 0 Å². The van der Waals surface area contributed by atoms with Gasteiger partial charge in [-0.2, -0.15) is 5.10 Å². The quantitative estimate of drug-likeness (QED) is 0.917. The Hall–Kier alpha value is -0.940. The molecule has 1 N–H and O–H groups in total. The predicted octanol–water partition coefficient (Wildman–Crippen LogP) is 1.97. The van der Waals surface area contributed by atoms with Crippen molar-refractivity contribution >= 4 is 0 Å². The van der Waals surface area contributed by atoms with Gasteiger partial charge in [0.15, 0.2) is 0 Å². The first-order valence-corrected chi connectivity index (χ1v) is 8.04. The Morgan fingerprint density at radius 1 is 1.30 bits per heavy atom. The summed E-state index contributed by atoms with van der Waals surface area (Å²) in [6, 6.07) is 0.387. The molecule has 2 heterocycles. The number of nitrogens with zero attached hydrogens (tertiary/aromatic N) is 4. The molecule has 2 fully saturated rings. The van der Waals surface area contributed by atoms with Gasteiger partial charge in [0.05, 0.1) is 6.54 Å². The molecule has 2 aliphatic rings. The Labute approximate surface area is 121 Å². The van der Waals surface area contributed by atoms with E-state index in [2.05, 4.69) is 38.8 Å². The zero-order valence-electron chi connectivity index (χ0n) is 12.8. The maximum Gasteiger partial charge on any atom is 0.141 e. The Balaban J connectivity index is 1.71. The summed E-state index contributed by atoms with van der Waals surface area (Å²) in [7, 11) is 0. The normalized spacial score (nSPS) is 23.6. The van der Waals surface area contributed by atoms with E-state index in [-0.39, 0.29) is 0 Å². The van der Waals surface area contributed by atoms with Crippen molar-refractivity contribution in [2.45, 2.75) is 64.1 Å². The third-order valence-corrected chi connectivity index (χ3v) is 4.74. The molecule has 3 rings (SSSR count). The molecule has 0 aromatic carbocycles. The Morgan fingerprint density at radius 3 is 2.85 bits per heavy atom. The van der Waals surface area contributed by atoms with Crippen LogP contribution in [0.2, 0.25) is 0 Å². The molecule has 1 spiro atoms. The fourth-order valence-corrected chi connectivity index (χ4v) is 3.76. The van der Waals surface area contributed by atoms with Crippen LogP contribution in [-0.2, 0) is 6.54 Å². The highest BCUT2D eigenvalue weighted by Crippen LogP contribution is 2.32. The molecule has 0 amide bonds. The molecule has 1 saturated carbocycles. The van der Waals surface area contributed by atoms with E-state index in [4.69, 9.17) is 0 Å². The molecule has 1 aliphatic carbocycles. The number of nitrogens with one attached hydrogen (secondary N) is 1. The van der Waals surface area contributed by atoms with Crippen molar-refractivity contribution < 1.29 is 0 Å². The number of hydrogen-bond donors (Lipinski definition) is 1. The van der Waals surface area contributed by atoms with E-state index in [0.29, 0.717) is 11.6 Å². The van der Waals surface area contributed by atoms with E-state index in [1.54, 1.807) is 6.33 Å². The van der Waals surface area contributed by atoms with E-state index >= 15 is 0 Å². The first-order chi connectivity index (χ1) is 9.69. The van der Waals surface area contributed by atoms with Gasteiger partial charge in [-0.1, -0.05) is 12.8 Å². The van der Waals surface area contributed by atoms with Crippen molar-refractivity contribution in [3.63, 3.8) is 0 Å². The van der Waals surface area contributed by atoms with Crippen molar-refractivity contribution in [2.24, 2.45) is 0 Å². The molecule has 20 heavy (non-hydrogen) atoms. The highest BCUT2D eigenvalue weighted by molar-refractivity contribution is 4.98. The Kier molecular flexibility index (Phi) is 4.08. The van der Waals surface area contributed by atoms with Gasteiger partial charge in [0.25, 0.3) is 0 Å². The van der Waals surface area contributed by atoms with Crippen molar-refractivity contribution in [3.05, 3.63) is 12.2 Å². The van der Waals surface area contributed by atoms with Gasteiger partial charge in [0.1, 0.15) is 12.2 Å². The zero-order valence-corrected chi connectivity index (χ0v) is 12.8. The van der Waals surface area contributed by atoms with Crippen molar-refractivity contribution in [1.29, 1.82) is 0 Å². The molecule has 0 bridgehead atoms. The second-order valence-electron chi connectivity index (χ2n) is 6.69. The van der Waals surface area contributed by atoms with Crippen molar-refractivity contribution in [2.75, 3.05) is 19.6 Å². The maximum atomic E-state index is 4.47. The highest BCUT2D eigenvalue weighted by atomic mass is 15.4.